The third-order valence-corrected chi connectivity index (χ3v) is 7.00. The van der Waals surface area contributed by atoms with Crippen LogP contribution in [0.15, 0.2) is 0 Å². The van der Waals surface area contributed by atoms with Crippen molar-refractivity contribution in [2.75, 3.05) is 19.8 Å². The molecule has 1 heterocycles. The maximum Gasteiger partial charge on any atom is 0.187 e. The molecule has 1 aliphatic rings. The van der Waals surface area contributed by atoms with Gasteiger partial charge in [-0.3, -0.25) is 4.79 Å². The first kappa shape index (κ1) is 30.6. The van der Waals surface area contributed by atoms with E-state index in [1.54, 1.807) is 0 Å². The van der Waals surface area contributed by atoms with E-state index in [1.165, 1.54) is 109 Å². The van der Waals surface area contributed by atoms with Gasteiger partial charge >= 0.3 is 0 Å². The molecule has 0 spiro atoms. The lowest BCUT2D eigenvalue weighted by Crippen LogP contribution is -2.49. The van der Waals surface area contributed by atoms with E-state index in [0.29, 0.717) is 0 Å². The van der Waals surface area contributed by atoms with Gasteiger partial charge in [-0.05, 0) is 19.8 Å². The monoisotopic (exact) mass is 468 g/mol. The zero-order chi connectivity index (χ0) is 24.0. The van der Waals surface area contributed by atoms with Crippen LogP contribution in [0, 0.1) is 0 Å². The molecule has 0 radical (unpaired) electrons. The minimum atomic E-state index is -0.455. The van der Waals surface area contributed by atoms with E-state index in [2.05, 4.69) is 20.8 Å². The van der Waals surface area contributed by atoms with Crippen LogP contribution < -0.4 is 0 Å². The van der Waals surface area contributed by atoms with Gasteiger partial charge in [0.15, 0.2) is 12.1 Å². The summed E-state index contributed by atoms with van der Waals surface area (Å²) in [7, 11) is 0. The summed E-state index contributed by atoms with van der Waals surface area (Å²) in [5, 5.41) is 0. The lowest BCUT2D eigenvalue weighted by molar-refractivity contribution is -0.262. The molecule has 0 aromatic rings. The molecule has 0 bridgehead atoms. The van der Waals surface area contributed by atoms with Gasteiger partial charge in [-0.25, -0.2) is 0 Å². The number of unbranched alkanes of at least 4 members (excludes halogenated alkanes) is 17. The van der Waals surface area contributed by atoms with Gasteiger partial charge in [-0.1, -0.05) is 129 Å². The summed E-state index contributed by atoms with van der Waals surface area (Å²) < 4.78 is 17.8. The van der Waals surface area contributed by atoms with Crippen LogP contribution in [0.2, 0.25) is 0 Å². The number of Topliss-reactive ketones (excluding diaryl/α,β-unsaturated/α-hetero) is 1. The number of ketones is 1. The zero-order valence-corrected chi connectivity index (χ0v) is 22.5. The molecule has 33 heavy (non-hydrogen) atoms. The third kappa shape index (κ3) is 16.0. The number of carbonyl (C=O) groups excluding carboxylic acids is 1. The largest absolute Gasteiger partial charge is 0.370 e. The third-order valence-electron chi connectivity index (χ3n) is 7.00. The Kier molecular flexibility index (Phi) is 19.4. The smallest absolute Gasteiger partial charge is 0.187 e. The molecular weight excluding hydrogens is 412 g/mol. The molecule has 1 saturated heterocycles. The maximum absolute atomic E-state index is 11.5. The summed E-state index contributed by atoms with van der Waals surface area (Å²) >= 11 is 0. The SMILES string of the molecule is CCCCCCCCCCCCCCCCOC(C)(CCCCCCC)C1OCC(=O)CO1. The lowest BCUT2D eigenvalue weighted by atomic mass is 9.96. The Balaban J connectivity index is 2.09. The molecule has 4 nitrogen and oxygen atoms in total. The summed E-state index contributed by atoms with van der Waals surface area (Å²) in [5.41, 5.74) is -0.455. The number of ether oxygens (including phenoxy) is 3. The highest BCUT2D eigenvalue weighted by Crippen LogP contribution is 2.29. The van der Waals surface area contributed by atoms with Gasteiger partial charge in [-0.15, -0.1) is 0 Å². The number of hydrogen-bond donors (Lipinski definition) is 0. The van der Waals surface area contributed by atoms with Crippen LogP contribution in [0.4, 0.5) is 0 Å². The first-order valence-corrected chi connectivity index (χ1v) is 14.5. The van der Waals surface area contributed by atoms with E-state index in [4.69, 9.17) is 14.2 Å². The van der Waals surface area contributed by atoms with Crippen molar-refractivity contribution < 1.29 is 19.0 Å². The average Bonchev–Trinajstić information content (AvgIpc) is 2.82. The fourth-order valence-corrected chi connectivity index (χ4v) is 4.72. The van der Waals surface area contributed by atoms with Crippen molar-refractivity contribution in [3.05, 3.63) is 0 Å². The predicted molar refractivity (Wildman–Crippen MR) is 139 cm³/mol. The molecule has 0 aromatic heterocycles. The molecule has 1 unspecified atom stereocenters. The van der Waals surface area contributed by atoms with Gasteiger partial charge < -0.3 is 14.2 Å². The molecular formula is C29H56O4. The van der Waals surface area contributed by atoms with Crippen molar-refractivity contribution in [2.45, 2.75) is 161 Å². The second-order valence-electron chi connectivity index (χ2n) is 10.4. The molecule has 1 rings (SSSR count). The van der Waals surface area contributed by atoms with Crippen LogP contribution >= 0.6 is 0 Å². The highest BCUT2D eigenvalue weighted by atomic mass is 16.7. The number of rotatable bonds is 23. The normalized spacial score (nSPS) is 16.9. The number of hydrogen-bond acceptors (Lipinski definition) is 4. The van der Waals surface area contributed by atoms with Gasteiger partial charge in [0, 0.05) is 6.61 Å². The Morgan fingerprint density at radius 3 is 1.52 bits per heavy atom. The molecule has 196 valence electrons. The summed E-state index contributed by atoms with van der Waals surface area (Å²) in [4.78, 5) is 11.5. The van der Waals surface area contributed by atoms with Crippen LogP contribution in [0.5, 0.6) is 0 Å². The molecule has 0 amide bonds. The Hall–Kier alpha value is -0.450. The molecule has 0 saturated carbocycles. The van der Waals surface area contributed by atoms with E-state index in [-0.39, 0.29) is 19.0 Å². The highest BCUT2D eigenvalue weighted by molar-refractivity contribution is 5.81. The average molecular weight is 469 g/mol. The Morgan fingerprint density at radius 2 is 1.06 bits per heavy atom. The van der Waals surface area contributed by atoms with E-state index in [9.17, 15) is 4.79 Å². The van der Waals surface area contributed by atoms with Crippen LogP contribution in [0.1, 0.15) is 149 Å². The van der Waals surface area contributed by atoms with E-state index >= 15 is 0 Å². The van der Waals surface area contributed by atoms with Crippen molar-refractivity contribution in [1.82, 2.24) is 0 Å². The Bertz CT molecular complexity index is 443. The topological polar surface area (TPSA) is 44.8 Å². The lowest BCUT2D eigenvalue weighted by Gasteiger charge is -2.38. The first-order valence-electron chi connectivity index (χ1n) is 14.5. The fraction of sp³-hybridized carbons (Fsp3) is 0.966. The second kappa shape index (κ2) is 20.9. The Labute approximate surface area is 205 Å². The minimum Gasteiger partial charge on any atom is -0.370 e. The van der Waals surface area contributed by atoms with E-state index in [0.717, 1.165) is 25.9 Å². The van der Waals surface area contributed by atoms with Crippen molar-refractivity contribution in [3.8, 4) is 0 Å². The van der Waals surface area contributed by atoms with Gasteiger partial charge in [0.05, 0.1) is 0 Å². The molecule has 1 aliphatic heterocycles. The quantitative estimate of drug-likeness (QED) is 0.141. The van der Waals surface area contributed by atoms with Gasteiger partial charge in [0.1, 0.15) is 18.8 Å². The van der Waals surface area contributed by atoms with Crippen LogP contribution in [-0.4, -0.2) is 37.5 Å². The molecule has 1 fully saturated rings. The first-order chi connectivity index (χ1) is 16.1. The molecule has 0 aliphatic carbocycles. The Morgan fingerprint density at radius 1 is 0.667 bits per heavy atom. The van der Waals surface area contributed by atoms with Crippen LogP contribution in [0.3, 0.4) is 0 Å². The maximum atomic E-state index is 11.5. The summed E-state index contributed by atoms with van der Waals surface area (Å²) in [6, 6.07) is 0. The highest BCUT2D eigenvalue weighted by Gasteiger charge is 2.39. The van der Waals surface area contributed by atoms with Gasteiger partial charge in [0.25, 0.3) is 0 Å². The van der Waals surface area contributed by atoms with Crippen LogP contribution in [0.25, 0.3) is 0 Å². The van der Waals surface area contributed by atoms with Crippen molar-refractivity contribution in [3.63, 3.8) is 0 Å². The summed E-state index contributed by atoms with van der Waals surface area (Å²) in [5.74, 6) is 0.0171. The second-order valence-corrected chi connectivity index (χ2v) is 10.4. The van der Waals surface area contributed by atoms with Crippen molar-refractivity contribution in [1.29, 1.82) is 0 Å². The van der Waals surface area contributed by atoms with Gasteiger partial charge in [-0.2, -0.15) is 0 Å². The van der Waals surface area contributed by atoms with E-state index in [1.807, 2.05) is 0 Å². The van der Waals surface area contributed by atoms with E-state index < -0.39 is 11.9 Å². The zero-order valence-electron chi connectivity index (χ0n) is 22.5. The van der Waals surface area contributed by atoms with Gasteiger partial charge in [0.2, 0.25) is 0 Å². The molecule has 1 atom stereocenters. The summed E-state index contributed by atoms with van der Waals surface area (Å²) in [6.45, 7) is 7.69. The summed E-state index contributed by atoms with van der Waals surface area (Å²) in [6.07, 6.45) is 25.7. The van der Waals surface area contributed by atoms with Crippen molar-refractivity contribution >= 4 is 5.78 Å². The standard InChI is InChI=1S/C29H56O4/c1-4-6-8-10-11-12-13-14-15-16-17-18-20-22-24-33-29(3,23-21-19-9-7-5-2)28-31-25-27(30)26-32-28/h28H,4-26H2,1-3H3. The van der Waals surface area contributed by atoms with Crippen LogP contribution in [-0.2, 0) is 19.0 Å². The fourth-order valence-electron chi connectivity index (χ4n) is 4.72. The molecule has 4 heteroatoms. The molecule has 0 N–H and O–H groups in total. The van der Waals surface area contributed by atoms with Crippen molar-refractivity contribution in [2.24, 2.45) is 0 Å². The molecule has 0 aromatic carbocycles. The minimum absolute atomic E-state index is 0.0171. The number of carbonyl (C=O) groups is 1. The predicted octanol–water partition coefficient (Wildman–Crippen LogP) is 8.55.